The van der Waals surface area contributed by atoms with Crippen LogP contribution in [0.1, 0.15) is 0 Å². The van der Waals surface area contributed by atoms with Crippen LogP contribution in [0.2, 0.25) is 0 Å². The van der Waals surface area contributed by atoms with Crippen LogP contribution in [0.4, 0.5) is 11.5 Å². The molecular weight excluding hydrogens is 246 g/mol. The Morgan fingerprint density at radius 3 is 2.71 bits per heavy atom. The van der Waals surface area contributed by atoms with Gasteiger partial charge >= 0.3 is 0 Å². The molecule has 0 atom stereocenters. The zero-order valence-corrected chi connectivity index (χ0v) is 9.71. The van der Waals surface area contributed by atoms with E-state index in [-0.39, 0.29) is 5.91 Å². The fourth-order valence-corrected chi connectivity index (χ4v) is 1.06. The van der Waals surface area contributed by atoms with Gasteiger partial charge in [-0.3, -0.25) is 4.79 Å². The van der Waals surface area contributed by atoms with Gasteiger partial charge in [0.15, 0.2) is 0 Å². The number of aromatic nitrogens is 1. The van der Waals surface area contributed by atoms with Gasteiger partial charge in [0, 0.05) is 14.1 Å². The van der Waals surface area contributed by atoms with Crippen molar-refractivity contribution in [3.8, 4) is 0 Å². The molecule has 0 fully saturated rings. The van der Waals surface area contributed by atoms with Crippen molar-refractivity contribution in [2.45, 2.75) is 0 Å². The average Bonchev–Trinajstić information content (AvgIpc) is 2.18. The average molecular weight is 258 g/mol. The number of amides is 1. The first kappa shape index (κ1) is 11.0. The highest BCUT2D eigenvalue weighted by Crippen LogP contribution is 2.11. The van der Waals surface area contributed by atoms with Gasteiger partial charge in [-0.1, -0.05) is 15.9 Å². The van der Waals surface area contributed by atoms with Gasteiger partial charge in [0.2, 0.25) is 5.91 Å². The number of carbonyl (C=O) groups excluding carboxylic acids is 1. The number of pyridine rings is 1. The van der Waals surface area contributed by atoms with E-state index < -0.39 is 0 Å². The topological polar surface area (TPSA) is 45.2 Å². The van der Waals surface area contributed by atoms with Crippen LogP contribution < -0.4 is 10.2 Å². The third kappa shape index (κ3) is 2.99. The third-order valence-electron chi connectivity index (χ3n) is 1.61. The van der Waals surface area contributed by atoms with Gasteiger partial charge in [0.1, 0.15) is 5.82 Å². The van der Waals surface area contributed by atoms with E-state index in [0.717, 1.165) is 5.82 Å². The zero-order chi connectivity index (χ0) is 10.6. The van der Waals surface area contributed by atoms with E-state index in [2.05, 4.69) is 26.2 Å². The number of nitrogens with zero attached hydrogens (tertiary/aromatic N) is 2. The molecule has 1 amide bonds. The summed E-state index contributed by atoms with van der Waals surface area (Å²) in [6.07, 6.45) is 1.63. The second-order valence-electron chi connectivity index (χ2n) is 2.98. The van der Waals surface area contributed by atoms with Crippen LogP contribution in [0.3, 0.4) is 0 Å². The quantitative estimate of drug-likeness (QED) is 0.835. The Labute approximate surface area is 91.4 Å². The van der Waals surface area contributed by atoms with Crippen LogP contribution >= 0.6 is 15.9 Å². The fourth-order valence-electron chi connectivity index (χ4n) is 0.919. The Balaban J connectivity index is 2.69. The Bertz CT molecular complexity index is 310. The van der Waals surface area contributed by atoms with Crippen LogP contribution in [0, 0.1) is 0 Å². The highest BCUT2D eigenvalue weighted by Gasteiger charge is 2.00. The maximum atomic E-state index is 11.0. The first-order valence-corrected chi connectivity index (χ1v) is 5.25. The minimum absolute atomic E-state index is 0.0793. The first-order chi connectivity index (χ1) is 6.63. The third-order valence-corrected chi connectivity index (χ3v) is 2.12. The highest BCUT2D eigenvalue weighted by atomic mass is 79.9. The number of rotatable bonds is 3. The maximum Gasteiger partial charge on any atom is 0.235 e. The Hall–Kier alpha value is -1.10. The Morgan fingerprint density at radius 1 is 1.57 bits per heavy atom. The lowest BCUT2D eigenvalue weighted by Gasteiger charge is -2.11. The molecular formula is C9H12BrN3O. The van der Waals surface area contributed by atoms with Gasteiger partial charge in [-0.2, -0.15) is 0 Å². The molecule has 1 heterocycles. The van der Waals surface area contributed by atoms with Gasteiger partial charge in [-0.25, -0.2) is 4.98 Å². The molecule has 0 aliphatic heterocycles. The number of hydrogen-bond acceptors (Lipinski definition) is 3. The van der Waals surface area contributed by atoms with Gasteiger partial charge in [-0.15, -0.1) is 0 Å². The van der Waals surface area contributed by atoms with E-state index in [4.69, 9.17) is 0 Å². The van der Waals surface area contributed by atoms with E-state index >= 15 is 0 Å². The van der Waals surface area contributed by atoms with Crippen molar-refractivity contribution in [1.29, 1.82) is 0 Å². The lowest BCUT2D eigenvalue weighted by Crippen LogP contribution is -2.14. The van der Waals surface area contributed by atoms with Crippen molar-refractivity contribution in [3.05, 3.63) is 18.3 Å². The zero-order valence-electron chi connectivity index (χ0n) is 8.12. The molecule has 4 nitrogen and oxygen atoms in total. The number of anilines is 2. The van der Waals surface area contributed by atoms with E-state index in [1.165, 1.54) is 0 Å². The minimum Gasteiger partial charge on any atom is -0.363 e. The second kappa shape index (κ2) is 4.95. The summed E-state index contributed by atoms with van der Waals surface area (Å²) in [5.41, 5.74) is 0.708. The molecule has 0 bridgehead atoms. The lowest BCUT2D eigenvalue weighted by atomic mass is 10.4. The van der Waals surface area contributed by atoms with E-state index in [1.807, 2.05) is 31.1 Å². The Morgan fingerprint density at radius 2 is 2.29 bits per heavy atom. The molecule has 1 aromatic rings. The minimum atomic E-state index is -0.0793. The summed E-state index contributed by atoms with van der Waals surface area (Å²) in [5, 5.41) is 2.98. The van der Waals surface area contributed by atoms with Crippen molar-refractivity contribution >= 4 is 33.3 Å². The largest absolute Gasteiger partial charge is 0.363 e. The molecule has 0 unspecified atom stereocenters. The molecule has 1 aromatic heterocycles. The second-order valence-corrected chi connectivity index (χ2v) is 3.54. The van der Waals surface area contributed by atoms with Crippen LogP contribution in [0.15, 0.2) is 18.3 Å². The van der Waals surface area contributed by atoms with Gasteiger partial charge in [-0.05, 0) is 12.1 Å². The van der Waals surface area contributed by atoms with E-state index in [1.54, 1.807) is 6.20 Å². The molecule has 0 aliphatic rings. The summed E-state index contributed by atoms with van der Waals surface area (Å²) in [6.45, 7) is 0. The van der Waals surface area contributed by atoms with Crippen molar-refractivity contribution in [3.63, 3.8) is 0 Å². The van der Waals surface area contributed by atoms with Crippen LogP contribution in [0.5, 0.6) is 0 Å². The summed E-state index contributed by atoms with van der Waals surface area (Å²) in [6, 6.07) is 3.67. The van der Waals surface area contributed by atoms with Crippen LogP contribution in [0.25, 0.3) is 0 Å². The van der Waals surface area contributed by atoms with Crippen LogP contribution in [-0.2, 0) is 4.79 Å². The molecule has 5 heteroatoms. The highest BCUT2D eigenvalue weighted by molar-refractivity contribution is 9.09. The number of halogens is 1. The predicted molar refractivity (Wildman–Crippen MR) is 61.0 cm³/mol. The normalized spacial score (nSPS) is 9.64. The number of carbonyl (C=O) groups is 1. The molecule has 0 aliphatic carbocycles. The predicted octanol–water partition coefficient (Wildman–Crippen LogP) is 1.48. The smallest absolute Gasteiger partial charge is 0.235 e. The van der Waals surface area contributed by atoms with Crippen LogP contribution in [-0.4, -0.2) is 30.3 Å². The molecule has 0 saturated heterocycles. The summed E-state index contributed by atoms with van der Waals surface area (Å²) >= 11 is 3.07. The molecule has 1 rings (SSSR count). The van der Waals surface area contributed by atoms with Crippen molar-refractivity contribution < 1.29 is 4.79 Å². The molecule has 14 heavy (non-hydrogen) atoms. The summed E-state index contributed by atoms with van der Waals surface area (Å²) in [5.74, 6) is 0.784. The number of nitrogens with one attached hydrogen (secondary N) is 1. The number of alkyl halides is 1. The van der Waals surface area contributed by atoms with Crippen molar-refractivity contribution in [2.24, 2.45) is 0 Å². The van der Waals surface area contributed by atoms with E-state index in [9.17, 15) is 4.79 Å². The molecule has 1 N–H and O–H groups in total. The molecule has 0 aromatic carbocycles. The number of hydrogen-bond donors (Lipinski definition) is 1. The van der Waals surface area contributed by atoms with Crippen molar-refractivity contribution in [2.75, 3.05) is 29.6 Å². The SMILES string of the molecule is CN(C)c1ccc(NC(=O)CBr)cn1. The molecule has 0 spiro atoms. The fraction of sp³-hybridized carbons (Fsp3) is 0.333. The molecule has 0 radical (unpaired) electrons. The van der Waals surface area contributed by atoms with Gasteiger partial charge in [0.05, 0.1) is 17.2 Å². The first-order valence-electron chi connectivity index (χ1n) is 4.12. The van der Waals surface area contributed by atoms with Crippen molar-refractivity contribution in [1.82, 2.24) is 4.98 Å². The van der Waals surface area contributed by atoms with Gasteiger partial charge < -0.3 is 10.2 Å². The van der Waals surface area contributed by atoms with E-state index in [0.29, 0.717) is 11.0 Å². The lowest BCUT2D eigenvalue weighted by molar-refractivity contribution is -0.113. The molecule has 76 valence electrons. The summed E-state index contributed by atoms with van der Waals surface area (Å²) in [7, 11) is 3.83. The summed E-state index contributed by atoms with van der Waals surface area (Å²) in [4.78, 5) is 17.1. The van der Waals surface area contributed by atoms with Gasteiger partial charge in [0.25, 0.3) is 0 Å². The Kier molecular flexibility index (Phi) is 3.88. The monoisotopic (exact) mass is 257 g/mol. The maximum absolute atomic E-state index is 11.0. The molecule has 0 saturated carbocycles. The standard InChI is InChI=1S/C9H12BrN3O/c1-13(2)8-4-3-7(6-11-8)12-9(14)5-10/h3-4,6H,5H2,1-2H3,(H,12,14). The summed E-state index contributed by atoms with van der Waals surface area (Å²) < 4.78 is 0.